The molecule has 1 heterocycles. The van der Waals surface area contributed by atoms with Crippen molar-refractivity contribution in [3.05, 3.63) is 29.8 Å². The molecule has 0 saturated heterocycles. The predicted molar refractivity (Wildman–Crippen MR) is 61.4 cm³/mol. The van der Waals surface area contributed by atoms with Crippen molar-refractivity contribution in [3.63, 3.8) is 0 Å². The summed E-state index contributed by atoms with van der Waals surface area (Å²) in [6, 6.07) is 7.35. The Morgan fingerprint density at radius 2 is 2.25 bits per heavy atom. The van der Waals surface area contributed by atoms with E-state index < -0.39 is 6.10 Å². The Kier molecular flexibility index (Phi) is 3.12. The Hall–Kier alpha value is -1.52. The molecular weight excluding hydrogens is 206 g/mol. The van der Waals surface area contributed by atoms with Crippen LogP contribution in [0, 0.1) is 0 Å². The van der Waals surface area contributed by atoms with Crippen LogP contribution in [0.25, 0.3) is 11.0 Å². The minimum absolute atomic E-state index is 0.434. The number of hydrogen-bond donors (Lipinski definition) is 2. The summed E-state index contributed by atoms with van der Waals surface area (Å²) >= 11 is 0. The maximum atomic E-state index is 9.45. The SMILES string of the molecule is CC(O)c1ccc2oc(OCCN)cc2c1. The first-order chi connectivity index (χ1) is 7.70. The van der Waals surface area contributed by atoms with Gasteiger partial charge in [-0.1, -0.05) is 6.07 Å². The van der Waals surface area contributed by atoms with Crippen LogP contribution in [-0.4, -0.2) is 18.3 Å². The van der Waals surface area contributed by atoms with Crippen LogP contribution in [0.15, 0.2) is 28.7 Å². The number of furan rings is 1. The molecule has 0 amide bonds. The molecule has 16 heavy (non-hydrogen) atoms. The first-order valence-corrected chi connectivity index (χ1v) is 5.25. The van der Waals surface area contributed by atoms with Crippen LogP contribution in [-0.2, 0) is 0 Å². The van der Waals surface area contributed by atoms with Crippen LogP contribution in [0.5, 0.6) is 5.95 Å². The summed E-state index contributed by atoms with van der Waals surface area (Å²) in [5, 5.41) is 10.4. The molecule has 0 bridgehead atoms. The van der Waals surface area contributed by atoms with Gasteiger partial charge in [-0.15, -0.1) is 0 Å². The largest absolute Gasteiger partial charge is 0.464 e. The average Bonchev–Trinajstić information content (AvgIpc) is 2.67. The fraction of sp³-hybridized carbons (Fsp3) is 0.333. The summed E-state index contributed by atoms with van der Waals surface area (Å²) in [4.78, 5) is 0. The zero-order valence-electron chi connectivity index (χ0n) is 9.14. The summed E-state index contributed by atoms with van der Waals surface area (Å²) in [5.74, 6) is 0.461. The molecule has 4 heteroatoms. The molecule has 0 aliphatic carbocycles. The van der Waals surface area contributed by atoms with Gasteiger partial charge in [0.2, 0.25) is 0 Å². The minimum Gasteiger partial charge on any atom is -0.464 e. The second-order valence-corrected chi connectivity index (χ2v) is 3.68. The van der Waals surface area contributed by atoms with Crippen LogP contribution in [0.2, 0.25) is 0 Å². The first-order valence-electron chi connectivity index (χ1n) is 5.25. The van der Waals surface area contributed by atoms with Crippen molar-refractivity contribution in [2.24, 2.45) is 5.73 Å². The van der Waals surface area contributed by atoms with Gasteiger partial charge in [-0.05, 0) is 24.6 Å². The number of fused-ring (bicyclic) bond motifs is 1. The third-order valence-electron chi connectivity index (χ3n) is 2.36. The monoisotopic (exact) mass is 221 g/mol. The van der Waals surface area contributed by atoms with Gasteiger partial charge in [0.15, 0.2) is 0 Å². The lowest BCUT2D eigenvalue weighted by molar-refractivity contribution is 0.199. The fourth-order valence-electron chi connectivity index (χ4n) is 1.53. The lowest BCUT2D eigenvalue weighted by Crippen LogP contribution is -2.09. The molecule has 0 fully saturated rings. The van der Waals surface area contributed by atoms with Crippen molar-refractivity contribution in [1.82, 2.24) is 0 Å². The number of hydrogen-bond acceptors (Lipinski definition) is 4. The molecule has 0 aliphatic heterocycles. The summed E-state index contributed by atoms with van der Waals surface area (Å²) in [7, 11) is 0. The van der Waals surface area contributed by atoms with Crippen LogP contribution >= 0.6 is 0 Å². The van der Waals surface area contributed by atoms with Crippen molar-refractivity contribution in [2.75, 3.05) is 13.2 Å². The summed E-state index contributed by atoms with van der Waals surface area (Å²) in [5.41, 5.74) is 6.94. The number of benzene rings is 1. The van der Waals surface area contributed by atoms with Gasteiger partial charge in [0.05, 0.1) is 6.10 Å². The second-order valence-electron chi connectivity index (χ2n) is 3.68. The van der Waals surface area contributed by atoms with Crippen molar-refractivity contribution in [2.45, 2.75) is 13.0 Å². The van der Waals surface area contributed by atoms with E-state index >= 15 is 0 Å². The molecule has 1 aromatic heterocycles. The van der Waals surface area contributed by atoms with Crippen molar-refractivity contribution in [1.29, 1.82) is 0 Å². The summed E-state index contributed by atoms with van der Waals surface area (Å²) < 4.78 is 10.7. The Labute approximate surface area is 93.6 Å². The maximum absolute atomic E-state index is 9.45. The highest BCUT2D eigenvalue weighted by Gasteiger charge is 2.07. The second kappa shape index (κ2) is 4.55. The fourth-order valence-corrected chi connectivity index (χ4v) is 1.53. The summed E-state index contributed by atoms with van der Waals surface area (Å²) in [6.45, 7) is 2.62. The molecule has 2 rings (SSSR count). The highest BCUT2D eigenvalue weighted by molar-refractivity contribution is 5.79. The van der Waals surface area contributed by atoms with E-state index in [9.17, 15) is 5.11 Å². The van der Waals surface area contributed by atoms with E-state index in [4.69, 9.17) is 14.9 Å². The van der Waals surface area contributed by atoms with Crippen LogP contribution in [0.3, 0.4) is 0 Å². The molecule has 0 aliphatic rings. The molecule has 3 N–H and O–H groups in total. The normalized spacial score (nSPS) is 12.9. The van der Waals surface area contributed by atoms with Gasteiger partial charge in [0.25, 0.3) is 5.95 Å². The highest BCUT2D eigenvalue weighted by Crippen LogP contribution is 2.27. The van der Waals surface area contributed by atoms with Crippen molar-refractivity contribution in [3.8, 4) is 5.95 Å². The molecule has 1 unspecified atom stereocenters. The molecule has 0 radical (unpaired) electrons. The van der Waals surface area contributed by atoms with E-state index in [2.05, 4.69) is 0 Å². The number of aliphatic hydroxyl groups is 1. The van der Waals surface area contributed by atoms with E-state index in [0.717, 1.165) is 16.5 Å². The van der Waals surface area contributed by atoms with E-state index in [1.165, 1.54) is 0 Å². The molecule has 0 saturated carbocycles. The number of ether oxygens (including phenoxy) is 1. The van der Waals surface area contributed by atoms with Gasteiger partial charge in [-0.2, -0.15) is 0 Å². The Balaban J connectivity index is 2.30. The lowest BCUT2D eigenvalue weighted by atomic mass is 10.1. The van der Waals surface area contributed by atoms with Gasteiger partial charge < -0.3 is 20.0 Å². The van der Waals surface area contributed by atoms with Gasteiger partial charge in [0, 0.05) is 18.0 Å². The Bertz CT molecular complexity index is 476. The van der Waals surface area contributed by atoms with Gasteiger partial charge in [0.1, 0.15) is 12.2 Å². The smallest absolute Gasteiger partial charge is 0.285 e. The number of nitrogens with two attached hydrogens (primary N) is 1. The van der Waals surface area contributed by atoms with E-state index in [-0.39, 0.29) is 0 Å². The number of rotatable bonds is 4. The molecule has 86 valence electrons. The van der Waals surface area contributed by atoms with E-state index in [1.807, 2.05) is 18.2 Å². The third-order valence-corrected chi connectivity index (χ3v) is 2.36. The molecule has 1 atom stereocenters. The standard InChI is InChI=1S/C12H15NO3/c1-8(14)9-2-3-11-10(6-9)7-12(16-11)15-5-4-13/h2-3,6-8,14H,4-5,13H2,1H3. The van der Waals surface area contributed by atoms with Crippen LogP contribution < -0.4 is 10.5 Å². The predicted octanol–water partition coefficient (Wildman–Crippen LogP) is 1.82. The lowest BCUT2D eigenvalue weighted by Gasteiger charge is -2.02. The first kappa shape index (κ1) is 11.0. The maximum Gasteiger partial charge on any atom is 0.285 e. The van der Waals surface area contributed by atoms with E-state index in [0.29, 0.717) is 19.1 Å². The van der Waals surface area contributed by atoms with Gasteiger partial charge >= 0.3 is 0 Å². The summed E-state index contributed by atoms with van der Waals surface area (Å²) in [6.07, 6.45) is -0.479. The molecule has 0 spiro atoms. The molecular formula is C12H15NO3. The highest BCUT2D eigenvalue weighted by atomic mass is 16.6. The zero-order chi connectivity index (χ0) is 11.5. The van der Waals surface area contributed by atoms with Gasteiger partial charge in [-0.3, -0.25) is 0 Å². The van der Waals surface area contributed by atoms with Crippen LogP contribution in [0.1, 0.15) is 18.6 Å². The molecule has 2 aromatic rings. The van der Waals surface area contributed by atoms with Crippen molar-refractivity contribution >= 4 is 11.0 Å². The quantitative estimate of drug-likeness (QED) is 0.826. The van der Waals surface area contributed by atoms with Crippen molar-refractivity contribution < 1.29 is 14.3 Å². The number of aliphatic hydroxyl groups excluding tert-OH is 1. The zero-order valence-corrected chi connectivity index (χ0v) is 9.14. The topological polar surface area (TPSA) is 68.6 Å². The molecule has 1 aromatic carbocycles. The molecule has 4 nitrogen and oxygen atoms in total. The third kappa shape index (κ3) is 2.18. The minimum atomic E-state index is -0.479. The van der Waals surface area contributed by atoms with E-state index in [1.54, 1.807) is 13.0 Å². The van der Waals surface area contributed by atoms with Gasteiger partial charge in [-0.25, -0.2) is 0 Å². The average molecular weight is 221 g/mol. The Morgan fingerprint density at radius 1 is 1.44 bits per heavy atom. The Morgan fingerprint density at radius 3 is 2.94 bits per heavy atom. The van der Waals surface area contributed by atoms with Crippen LogP contribution in [0.4, 0.5) is 0 Å².